The fourth-order valence-electron chi connectivity index (χ4n) is 2.20. The van der Waals surface area contributed by atoms with Gasteiger partial charge in [-0.05, 0) is 48.7 Å². The molecule has 22 heavy (non-hydrogen) atoms. The van der Waals surface area contributed by atoms with Crippen LogP contribution >= 0.6 is 0 Å². The lowest BCUT2D eigenvalue weighted by Crippen LogP contribution is -2.08. The molecule has 4 N–H and O–H groups in total. The molecule has 0 heterocycles. The first kappa shape index (κ1) is 15.7. The van der Waals surface area contributed by atoms with Crippen molar-refractivity contribution in [1.82, 2.24) is 0 Å². The van der Waals surface area contributed by atoms with Crippen LogP contribution < -0.4 is 16.2 Å². The van der Waals surface area contributed by atoms with E-state index in [1.54, 1.807) is 32.2 Å². The van der Waals surface area contributed by atoms with Crippen molar-refractivity contribution in [2.24, 2.45) is 0 Å². The molecule has 0 spiro atoms. The van der Waals surface area contributed by atoms with E-state index < -0.39 is 5.97 Å². The van der Waals surface area contributed by atoms with Gasteiger partial charge in [0.05, 0.1) is 25.0 Å². The SMILES string of the molecule is CCOC(=O)c1cc(Cc2ccc(N)c(OC)c2)ccc1N. The number of carbonyl (C=O) groups is 1. The van der Waals surface area contributed by atoms with Gasteiger partial charge in [-0.25, -0.2) is 4.79 Å². The fraction of sp³-hybridized carbons (Fsp3) is 0.235. The molecule has 0 saturated carbocycles. The Bertz CT molecular complexity index is 684. The fourth-order valence-corrected chi connectivity index (χ4v) is 2.20. The Morgan fingerprint density at radius 2 is 1.68 bits per heavy atom. The summed E-state index contributed by atoms with van der Waals surface area (Å²) in [6, 6.07) is 11.0. The Morgan fingerprint density at radius 1 is 1.05 bits per heavy atom. The molecule has 2 aromatic carbocycles. The molecule has 0 radical (unpaired) electrons. The molecular weight excluding hydrogens is 280 g/mol. The van der Waals surface area contributed by atoms with Crippen LogP contribution in [0.1, 0.15) is 28.4 Å². The number of hydrogen-bond donors (Lipinski definition) is 2. The van der Waals surface area contributed by atoms with Crippen LogP contribution in [0.5, 0.6) is 5.75 Å². The summed E-state index contributed by atoms with van der Waals surface area (Å²) in [7, 11) is 1.58. The lowest BCUT2D eigenvalue weighted by atomic mass is 10.0. The van der Waals surface area contributed by atoms with Gasteiger partial charge in [0, 0.05) is 5.69 Å². The zero-order valence-electron chi connectivity index (χ0n) is 12.8. The zero-order valence-corrected chi connectivity index (χ0v) is 12.8. The number of esters is 1. The van der Waals surface area contributed by atoms with Crippen molar-refractivity contribution in [3.63, 3.8) is 0 Å². The molecule has 0 amide bonds. The third kappa shape index (κ3) is 3.49. The molecule has 0 aliphatic heterocycles. The van der Waals surface area contributed by atoms with Gasteiger partial charge in [0.1, 0.15) is 5.75 Å². The zero-order chi connectivity index (χ0) is 16.1. The number of anilines is 2. The lowest BCUT2D eigenvalue weighted by molar-refractivity contribution is 0.0527. The van der Waals surface area contributed by atoms with E-state index in [-0.39, 0.29) is 0 Å². The summed E-state index contributed by atoms with van der Waals surface area (Å²) in [6.45, 7) is 2.08. The van der Waals surface area contributed by atoms with Crippen LogP contribution in [0.3, 0.4) is 0 Å². The van der Waals surface area contributed by atoms with Crippen molar-refractivity contribution < 1.29 is 14.3 Å². The Hall–Kier alpha value is -2.69. The van der Waals surface area contributed by atoms with E-state index in [1.165, 1.54) is 0 Å². The summed E-state index contributed by atoms with van der Waals surface area (Å²) in [6.07, 6.45) is 0.642. The van der Waals surface area contributed by atoms with Crippen molar-refractivity contribution >= 4 is 17.3 Å². The summed E-state index contributed by atoms with van der Waals surface area (Å²) in [5, 5.41) is 0. The van der Waals surface area contributed by atoms with Crippen LogP contribution in [0, 0.1) is 0 Å². The second-order valence-electron chi connectivity index (χ2n) is 4.90. The molecule has 0 unspecified atom stereocenters. The molecule has 116 valence electrons. The molecule has 0 saturated heterocycles. The monoisotopic (exact) mass is 300 g/mol. The quantitative estimate of drug-likeness (QED) is 0.654. The maximum Gasteiger partial charge on any atom is 0.340 e. The van der Waals surface area contributed by atoms with Crippen LogP contribution in [-0.2, 0) is 11.2 Å². The number of benzene rings is 2. The molecule has 0 aliphatic carbocycles. The molecule has 0 bridgehead atoms. The Morgan fingerprint density at radius 3 is 2.32 bits per heavy atom. The molecule has 0 aromatic heterocycles. The van der Waals surface area contributed by atoms with E-state index in [0.29, 0.717) is 35.7 Å². The molecular formula is C17H20N2O3. The minimum absolute atomic E-state index is 0.317. The first-order chi connectivity index (χ1) is 10.5. The van der Waals surface area contributed by atoms with Gasteiger partial charge in [-0.1, -0.05) is 12.1 Å². The van der Waals surface area contributed by atoms with Gasteiger partial charge in [0.2, 0.25) is 0 Å². The highest BCUT2D eigenvalue weighted by atomic mass is 16.5. The number of methoxy groups -OCH3 is 1. The van der Waals surface area contributed by atoms with Crippen LogP contribution in [0.15, 0.2) is 36.4 Å². The van der Waals surface area contributed by atoms with E-state index >= 15 is 0 Å². The lowest BCUT2D eigenvalue weighted by Gasteiger charge is -2.10. The van der Waals surface area contributed by atoms with Crippen molar-refractivity contribution in [2.45, 2.75) is 13.3 Å². The Balaban J connectivity index is 2.26. The van der Waals surface area contributed by atoms with Gasteiger partial charge in [-0.2, -0.15) is 0 Å². The average molecular weight is 300 g/mol. The van der Waals surface area contributed by atoms with Crippen molar-refractivity contribution in [3.05, 3.63) is 53.1 Å². The third-order valence-electron chi connectivity index (χ3n) is 3.32. The second kappa shape index (κ2) is 6.85. The minimum Gasteiger partial charge on any atom is -0.495 e. The van der Waals surface area contributed by atoms with Gasteiger partial charge in [-0.15, -0.1) is 0 Å². The van der Waals surface area contributed by atoms with Crippen LogP contribution in [0.2, 0.25) is 0 Å². The van der Waals surface area contributed by atoms with Crippen molar-refractivity contribution in [2.75, 3.05) is 25.2 Å². The normalized spacial score (nSPS) is 10.3. The molecule has 0 atom stereocenters. The largest absolute Gasteiger partial charge is 0.495 e. The maximum atomic E-state index is 11.9. The number of nitrogens with two attached hydrogens (primary N) is 2. The Kier molecular flexibility index (Phi) is 4.88. The van der Waals surface area contributed by atoms with Gasteiger partial charge in [0.15, 0.2) is 0 Å². The van der Waals surface area contributed by atoms with E-state index in [1.807, 2.05) is 18.2 Å². The second-order valence-corrected chi connectivity index (χ2v) is 4.90. The van der Waals surface area contributed by atoms with Gasteiger partial charge in [0.25, 0.3) is 0 Å². The van der Waals surface area contributed by atoms with E-state index in [9.17, 15) is 4.79 Å². The smallest absolute Gasteiger partial charge is 0.340 e. The van der Waals surface area contributed by atoms with Gasteiger partial charge < -0.3 is 20.9 Å². The highest BCUT2D eigenvalue weighted by Crippen LogP contribution is 2.24. The van der Waals surface area contributed by atoms with Crippen molar-refractivity contribution in [3.8, 4) is 5.75 Å². The summed E-state index contributed by atoms with van der Waals surface area (Å²) in [5.41, 5.74) is 15.0. The highest BCUT2D eigenvalue weighted by molar-refractivity contribution is 5.95. The number of carbonyl (C=O) groups excluding carboxylic acids is 1. The standard InChI is InChI=1S/C17H20N2O3/c1-3-22-17(20)13-9-11(4-6-14(13)18)8-12-5-7-15(19)16(10-12)21-2/h4-7,9-10H,3,8,18-19H2,1-2H3. The summed E-state index contributed by atoms with van der Waals surface area (Å²) in [4.78, 5) is 11.9. The summed E-state index contributed by atoms with van der Waals surface area (Å²) >= 11 is 0. The van der Waals surface area contributed by atoms with Gasteiger partial charge in [-0.3, -0.25) is 0 Å². The predicted molar refractivity (Wildman–Crippen MR) is 87.0 cm³/mol. The Labute approximate surface area is 129 Å². The number of nitrogen functional groups attached to an aromatic ring is 2. The predicted octanol–water partition coefficient (Wildman–Crippen LogP) is 2.63. The van der Waals surface area contributed by atoms with Gasteiger partial charge >= 0.3 is 5.97 Å². The molecule has 5 nitrogen and oxygen atoms in total. The van der Waals surface area contributed by atoms with E-state index in [2.05, 4.69) is 0 Å². The van der Waals surface area contributed by atoms with Crippen molar-refractivity contribution in [1.29, 1.82) is 0 Å². The topological polar surface area (TPSA) is 87.6 Å². The first-order valence-electron chi connectivity index (χ1n) is 7.03. The first-order valence-corrected chi connectivity index (χ1v) is 7.03. The molecule has 2 aromatic rings. The van der Waals surface area contributed by atoms with E-state index in [0.717, 1.165) is 11.1 Å². The van der Waals surface area contributed by atoms with Crippen LogP contribution in [0.4, 0.5) is 11.4 Å². The summed E-state index contributed by atoms with van der Waals surface area (Å²) < 4.78 is 10.2. The molecule has 5 heteroatoms. The highest BCUT2D eigenvalue weighted by Gasteiger charge is 2.12. The third-order valence-corrected chi connectivity index (χ3v) is 3.32. The van der Waals surface area contributed by atoms with Crippen LogP contribution in [0.25, 0.3) is 0 Å². The van der Waals surface area contributed by atoms with Crippen LogP contribution in [-0.4, -0.2) is 19.7 Å². The number of rotatable bonds is 5. The average Bonchev–Trinajstić information content (AvgIpc) is 2.51. The number of hydrogen-bond acceptors (Lipinski definition) is 5. The molecule has 0 aliphatic rings. The number of ether oxygens (including phenoxy) is 2. The minimum atomic E-state index is -0.406. The molecule has 0 fully saturated rings. The molecule has 2 rings (SSSR count). The summed E-state index contributed by atoms with van der Waals surface area (Å²) in [5.74, 6) is 0.232. The maximum absolute atomic E-state index is 11.9. The van der Waals surface area contributed by atoms with E-state index in [4.69, 9.17) is 20.9 Å².